The summed E-state index contributed by atoms with van der Waals surface area (Å²) in [7, 11) is 0. The second-order valence-electron chi connectivity index (χ2n) is 3.06. The SMILES string of the molecule is FC(F)(I)C(F)(F)C(F)(F)C(F)(F)C(F)(F)CI. The summed E-state index contributed by atoms with van der Waals surface area (Å²) in [5, 5.41) is 0. The molecule has 0 saturated heterocycles. The maximum Gasteiger partial charge on any atom is 0.387 e. The third kappa shape index (κ3) is 2.63. The van der Waals surface area contributed by atoms with Gasteiger partial charge in [0.1, 0.15) is 0 Å². The predicted octanol–water partition coefficient (Wildman–Crippen LogP) is 4.99. The molecule has 0 aliphatic carbocycles. The largest absolute Gasteiger partial charge is 0.387 e. The van der Waals surface area contributed by atoms with Crippen molar-refractivity contribution in [3.05, 3.63) is 0 Å². The quantitative estimate of drug-likeness (QED) is 0.274. The van der Waals surface area contributed by atoms with Crippen LogP contribution in [0.15, 0.2) is 0 Å². The summed E-state index contributed by atoms with van der Waals surface area (Å²) < 4.78 is 118. The molecule has 0 rings (SSSR count). The van der Waals surface area contributed by atoms with E-state index in [2.05, 4.69) is 0 Å². The van der Waals surface area contributed by atoms with Gasteiger partial charge in [-0.05, 0) is 0 Å². The van der Waals surface area contributed by atoms with E-state index in [9.17, 15) is 43.9 Å². The Morgan fingerprint density at radius 2 is 0.944 bits per heavy atom. The summed E-state index contributed by atoms with van der Waals surface area (Å²) in [6.07, 6.45) is 0. The number of hydrogen-bond donors (Lipinski definition) is 0. The average Bonchev–Trinajstić information content (AvgIpc) is 2.15. The van der Waals surface area contributed by atoms with Crippen LogP contribution < -0.4 is 0 Å². The molecule has 0 unspecified atom stereocenters. The summed E-state index contributed by atoms with van der Waals surface area (Å²) in [5.41, 5.74) is 0. The Morgan fingerprint density at radius 1 is 0.611 bits per heavy atom. The minimum absolute atomic E-state index is 0.519. The van der Waals surface area contributed by atoms with E-state index in [4.69, 9.17) is 0 Å². The average molecular weight is 518 g/mol. The van der Waals surface area contributed by atoms with Crippen molar-refractivity contribution in [2.75, 3.05) is 4.43 Å². The summed E-state index contributed by atoms with van der Waals surface area (Å²) in [6, 6.07) is 0. The molecule has 0 aromatic heterocycles. The molecule has 0 aromatic carbocycles. The molecule has 110 valence electrons. The normalized spacial score (nSPS) is 16.0. The first-order valence-electron chi connectivity index (χ1n) is 3.70. The van der Waals surface area contributed by atoms with Gasteiger partial charge < -0.3 is 0 Å². The van der Waals surface area contributed by atoms with E-state index >= 15 is 0 Å². The third-order valence-corrected chi connectivity index (χ3v) is 3.41. The van der Waals surface area contributed by atoms with E-state index < -0.39 is 54.6 Å². The van der Waals surface area contributed by atoms with Crippen molar-refractivity contribution in [1.82, 2.24) is 0 Å². The van der Waals surface area contributed by atoms with Gasteiger partial charge in [-0.3, -0.25) is 0 Å². The van der Waals surface area contributed by atoms with Crippen LogP contribution in [0.5, 0.6) is 0 Å². The molecule has 18 heavy (non-hydrogen) atoms. The Hall–Kier alpha value is 0.760. The first-order valence-corrected chi connectivity index (χ1v) is 6.30. The van der Waals surface area contributed by atoms with E-state index in [0.717, 1.165) is 0 Å². The minimum atomic E-state index is -6.92. The smallest absolute Gasteiger partial charge is 0.199 e. The molecule has 0 aliphatic heterocycles. The molecular formula is C6H2F10I2. The van der Waals surface area contributed by atoms with Gasteiger partial charge in [0, 0.05) is 22.6 Å². The summed E-state index contributed by atoms with van der Waals surface area (Å²) in [6.45, 7) is 0. The monoisotopic (exact) mass is 518 g/mol. The molecule has 0 nitrogen and oxygen atoms in total. The molecule has 12 heteroatoms. The number of halogens is 12. The Balaban J connectivity index is 5.80. The summed E-state index contributed by atoms with van der Waals surface area (Å²) in [5.74, 6) is -25.7. The van der Waals surface area contributed by atoms with E-state index in [1.807, 2.05) is 0 Å². The lowest BCUT2D eigenvalue weighted by atomic mass is 10.00. The lowest BCUT2D eigenvalue weighted by Gasteiger charge is -2.37. The number of rotatable bonds is 5. The molecule has 0 aliphatic rings. The summed E-state index contributed by atoms with van der Waals surface area (Å²) in [4.78, 5) is 0. The highest BCUT2D eigenvalue weighted by Gasteiger charge is 2.85. The van der Waals surface area contributed by atoms with Crippen molar-refractivity contribution < 1.29 is 43.9 Å². The van der Waals surface area contributed by atoms with Gasteiger partial charge in [-0.1, -0.05) is 22.6 Å². The van der Waals surface area contributed by atoms with Crippen LogP contribution >= 0.6 is 45.2 Å². The van der Waals surface area contributed by atoms with Crippen molar-refractivity contribution >= 4 is 45.2 Å². The van der Waals surface area contributed by atoms with Gasteiger partial charge in [0.05, 0.1) is 4.43 Å². The van der Waals surface area contributed by atoms with Crippen molar-refractivity contribution in [3.63, 3.8) is 0 Å². The van der Waals surface area contributed by atoms with Crippen LogP contribution in [0, 0.1) is 0 Å². The van der Waals surface area contributed by atoms with Crippen LogP contribution in [0.2, 0.25) is 0 Å². The van der Waals surface area contributed by atoms with Crippen molar-refractivity contribution in [2.45, 2.75) is 27.6 Å². The Labute approximate surface area is 121 Å². The van der Waals surface area contributed by atoms with Crippen LogP contribution in [0.25, 0.3) is 0 Å². The van der Waals surface area contributed by atoms with Crippen molar-refractivity contribution in [2.24, 2.45) is 0 Å². The Morgan fingerprint density at radius 3 is 1.17 bits per heavy atom. The molecule has 0 radical (unpaired) electrons. The van der Waals surface area contributed by atoms with Gasteiger partial charge in [-0.2, -0.15) is 43.9 Å². The lowest BCUT2D eigenvalue weighted by Crippen LogP contribution is -2.66. The fourth-order valence-corrected chi connectivity index (χ4v) is 1.51. The van der Waals surface area contributed by atoms with E-state index in [0.29, 0.717) is 22.6 Å². The lowest BCUT2D eigenvalue weighted by molar-refractivity contribution is -0.381. The zero-order valence-electron chi connectivity index (χ0n) is 7.74. The van der Waals surface area contributed by atoms with E-state index in [-0.39, 0.29) is 0 Å². The first kappa shape index (κ1) is 18.8. The fraction of sp³-hybridized carbons (Fsp3) is 1.00. The molecule has 0 aromatic rings. The maximum absolute atomic E-state index is 12.7. The van der Waals surface area contributed by atoms with Gasteiger partial charge in [0.15, 0.2) is 0 Å². The fourth-order valence-electron chi connectivity index (χ4n) is 0.689. The second kappa shape index (κ2) is 4.95. The first-order chi connectivity index (χ1) is 7.56. The standard InChI is InChI=1S/C6H2F10I2/c7-2(8,1-17)3(9,10)4(11,12)5(13,14)6(15,16)18/h1H2. The Kier molecular flexibility index (Phi) is 5.15. The van der Waals surface area contributed by atoms with Gasteiger partial charge in [-0.25, -0.2) is 0 Å². The molecule has 0 spiro atoms. The van der Waals surface area contributed by atoms with E-state index in [1.165, 1.54) is 0 Å². The minimum Gasteiger partial charge on any atom is -0.199 e. The van der Waals surface area contributed by atoms with Gasteiger partial charge in [-0.15, -0.1) is 0 Å². The Bertz CT molecular complexity index is 306. The van der Waals surface area contributed by atoms with E-state index in [1.54, 1.807) is 0 Å². The van der Waals surface area contributed by atoms with Crippen LogP contribution in [-0.2, 0) is 0 Å². The summed E-state index contributed by atoms with van der Waals surface area (Å²) >= 11 is 0.0284. The molecule has 0 bridgehead atoms. The van der Waals surface area contributed by atoms with Crippen molar-refractivity contribution in [1.29, 1.82) is 0 Å². The van der Waals surface area contributed by atoms with Crippen LogP contribution in [0.3, 0.4) is 0 Å². The number of hydrogen-bond acceptors (Lipinski definition) is 0. The maximum atomic E-state index is 12.7. The van der Waals surface area contributed by atoms with Gasteiger partial charge >= 0.3 is 27.6 Å². The molecule has 0 atom stereocenters. The van der Waals surface area contributed by atoms with Crippen LogP contribution in [0.1, 0.15) is 0 Å². The van der Waals surface area contributed by atoms with Gasteiger partial charge in [0.2, 0.25) is 0 Å². The molecular weight excluding hydrogens is 516 g/mol. The van der Waals surface area contributed by atoms with Crippen LogP contribution in [0.4, 0.5) is 43.9 Å². The highest BCUT2D eigenvalue weighted by Crippen LogP contribution is 2.58. The highest BCUT2D eigenvalue weighted by molar-refractivity contribution is 14.1. The predicted molar refractivity (Wildman–Crippen MR) is 57.6 cm³/mol. The second-order valence-corrected chi connectivity index (χ2v) is 5.18. The van der Waals surface area contributed by atoms with Gasteiger partial charge in [0.25, 0.3) is 0 Å². The third-order valence-electron chi connectivity index (χ3n) is 1.77. The molecule has 0 saturated carbocycles. The zero-order valence-corrected chi connectivity index (χ0v) is 12.1. The highest BCUT2D eigenvalue weighted by atomic mass is 127. The molecule has 0 amide bonds. The topological polar surface area (TPSA) is 0 Å². The molecule has 0 fully saturated rings. The molecule has 0 N–H and O–H groups in total. The van der Waals surface area contributed by atoms with Crippen LogP contribution in [-0.4, -0.2) is 32.0 Å². The molecule has 0 heterocycles. The zero-order chi connectivity index (χ0) is 15.2. The van der Waals surface area contributed by atoms with Crippen molar-refractivity contribution in [3.8, 4) is 0 Å². The number of alkyl halides is 12.